The van der Waals surface area contributed by atoms with Gasteiger partial charge in [-0.1, -0.05) is 6.07 Å². The Kier molecular flexibility index (Phi) is 4.58. The van der Waals surface area contributed by atoms with Gasteiger partial charge in [0.05, 0.1) is 6.54 Å². The van der Waals surface area contributed by atoms with Gasteiger partial charge in [-0.2, -0.15) is 5.10 Å². The number of rotatable bonds is 4. The van der Waals surface area contributed by atoms with Crippen LogP contribution in [0.25, 0.3) is 11.1 Å². The molecule has 1 aliphatic rings. The van der Waals surface area contributed by atoms with Gasteiger partial charge in [0, 0.05) is 23.2 Å². The van der Waals surface area contributed by atoms with E-state index in [-0.39, 0.29) is 30.2 Å². The number of aryl methyl sites for hydroxylation is 2. The summed E-state index contributed by atoms with van der Waals surface area (Å²) in [5.74, 6) is -0.422. The molecule has 0 spiro atoms. The van der Waals surface area contributed by atoms with Crippen molar-refractivity contribution in [3.05, 3.63) is 70.5 Å². The number of hydrogen-bond donors (Lipinski definition) is 2. The van der Waals surface area contributed by atoms with Crippen LogP contribution in [0.2, 0.25) is 0 Å². The van der Waals surface area contributed by atoms with Crippen LogP contribution in [-0.4, -0.2) is 28.8 Å². The minimum absolute atomic E-state index is 0.267. The van der Waals surface area contributed by atoms with Crippen LogP contribution in [0.5, 0.6) is 5.75 Å². The van der Waals surface area contributed by atoms with Crippen molar-refractivity contribution < 1.29 is 18.3 Å². The van der Waals surface area contributed by atoms with Crippen molar-refractivity contribution in [2.45, 2.75) is 26.4 Å². The number of ether oxygens (including phenoxy) is 1. The average molecular weight is 383 g/mol. The second kappa shape index (κ2) is 7.07. The minimum atomic E-state index is -0.379. The van der Waals surface area contributed by atoms with E-state index in [9.17, 15) is 13.6 Å². The topological polar surface area (TPSA) is 67.0 Å². The lowest BCUT2D eigenvalue weighted by Crippen LogP contribution is -2.34. The Labute approximate surface area is 160 Å². The van der Waals surface area contributed by atoms with E-state index >= 15 is 0 Å². The Bertz CT molecular complexity index is 1060. The molecule has 2 aromatic carbocycles. The van der Waals surface area contributed by atoms with Gasteiger partial charge in [0.1, 0.15) is 29.2 Å². The number of amides is 1. The number of hydrogen-bond acceptors (Lipinski definition) is 3. The van der Waals surface area contributed by atoms with E-state index in [0.29, 0.717) is 34.6 Å². The molecule has 0 radical (unpaired) electrons. The predicted molar refractivity (Wildman–Crippen MR) is 100 cm³/mol. The first-order chi connectivity index (χ1) is 13.4. The third-order valence-electron chi connectivity index (χ3n) is 4.76. The molecule has 1 amide bonds. The number of halogens is 2. The molecule has 0 bridgehead atoms. The SMILES string of the molecule is Cc1cc(C(=O)NCC2Cc3cc(F)cc(-c4ccc(F)c(C)c4)c3O2)n[nH]1. The summed E-state index contributed by atoms with van der Waals surface area (Å²) < 4.78 is 33.7. The Hall–Kier alpha value is -3.22. The molecule has 0 aliphatic carbocycles. The minimum Gasteiger partial charge on any atom is -0.487 e. The van der Waals surface area contributed by atoms with Crippen LogP contribution < -0.4 is 10.1 Å². The molecule has 144 valence electrons. The van der Waals surface area contributed by atoms with Crippen molar-refractivity contribution in [1.29, 1.82) is 0 Å². The molecule has 0 fully saturated rings. The van der Waals surface area contributed by atoms with Crippen LogP contribution in [0.3, 0.4) is 0 Å². The van der Waals surface area contributed by atoms with E-state index in [1.165, 1.54) is 18.2 Å². The second-order valence-corrected chi connectivity index (χ2v) is 7.00. The largest absolute Gasteiger partial charge is 0.487 e. The molecule has 5 nitrogen and oxygen atoms in total. The quantitative estimate of drug-likeness (QED) is 0.722. The van der Waals surface area contributed by atoms with Crippen LogP contribution in [0, 0.1) is 25.5 Å². The third kappa shape index (κ3) is 3.47. The van der Waals surface area contributed by atoms with E-state index in [0.717, 1.165) is 11.3 Å². The lowest BCUT2D eigenvalue weighted by molar-refractivity contribution is 0.0928. The maximum Gasteiger partial charge on any atom is 0.271 e. The van der Waals surface area contributed by atoms with Crippen LogP contribution in [0.4, 0.5) is 8.78 Å². The number of fused-ring (bicyclic) bond motifs is 1. The summed E-state index contributed by atoms with van der Waals surface area (Å²) in [7, 11) is 0. The molecule has 1 unspecified atom stereocenters. The maximum atomic E-state index is 14.1. The normalized spacial score (nSPS) is 15.2. The van der Waals surface area contributed by atoms with Crippen LogP contribution in [-0.2, 0) is 6.42 Å². The van der Waals surface area contributed by atoms with Gasteiger partial charge in [0.25, 0.3) is 5.91 Å². The zero-order chi connectivity index (χ0) is 19.8. The summed E-state index contributed by atoms with van der Waals surface area (Å²) in [6.45, 7) is 3.74. The number of aromatic amines is 1. The number of H-pyrrole nitrogens is 1. The van der Waals surface area contributed by atoms with Crippen molar-refractivity contribution in [1.82, 2.24) is 15.5 Å². The first kappa shape index (κ1) is 18.2. The number of aromatic nitrogens is 2. The lowest BCUT2D eigenvalue weighted by atomic mass is 9.99. The molecule has 0 saturated carbocycles. The van der Waals surface area contributed by atoms with E-state index in [1.54, 1.807) is 25.1 Å². The molecule has 2 N–H and O–H groups in total. The molecule has 1 atom stereocenters. The molecule has 2 heterocycles. The Balaban J connectivity index is 1.53. The molecule has 3 aromatic rings. The van der Waals surface area contributed by atoms with Gasteiger partial charge in [-0.05, 0) is 55.3 Å². The molecule has 28 heavy (non-hydrogen) atoms. The third-order valence-corrected chi connectivity index (χ3v) is 4.76. The molecule has 4 rings (SSSR count). The van der Waals surface area contributed by atoms with Crippen molar-refractivity contribution in [3.63, 3.8) is 0 Å². The van der Waals surface area contributed by atoms with Gasteiger partial charge in [-0.25, -0.2) is 8.78 Å². The molecule has 0 saturated heterocycles. The highest BCUT2D eigenvalue weighted by Crippen LogP contribution is 2.40. The number of carbonyl (C=O) groups excluding carboxylic acids is 1. The number of carbonyl (C=O) groups is 1. The number of nitrogens with zero attached hydrogens (tertiary/aromatic N) is 1. The highest BCUT2D eigenvalue weighted by Gasteiger charge is 2.27. The molecule has 1 aromatic heterocycles. The molecular formula is C21H19F2N3O2. The monoisotopic (exact) mass is 383 g/mol. The molecule has 1 aliphatic heterocycles. The zero-order valence-electron chi connectivity index (χ0n) is 15.5. The Morgan fingerprint density at radius 3 is 2.79 bits per heavy atom. The van der Waals surface area contributed by atoms with Crippen molar-refractivity contribution in [3.8, 4) is 16.9 Å². The van der Waals surface area contributed by atoms with Gasteiger partial charge in [0.15, 0.2) is 0 Å². The van der Waals surface area contributed by atoms with Gasteiger partial charge in [-0.15, -0.1) is 0 Å². The zero-order valence-corrected chi connectivity index (χ0v) is 15.5. The summed E-state index contributed by atoms with van der Waals surface area (Å²) in [6.07, 6.45) is 0.154. The highest BCUT2D eigenvalue weighted by molar-refractivity contribution is 5.92. The van der Waals surface area contributed by atoms with E-state index in [1.807, 2.05) is 6.92 Å². The average Bonchev–Trinajstić information content (AvgIpc) is 3.27. The Morgan fingerprint density at radius 2 is 2.07 bits per heavy atom. The van der Waals surface area contributed by atoms with Gasteiger partial charge < -0.3 is 10.1 Å². The summed E-state index contributed by atoms with van der Waals surface area (Å²) in [6, 6.07) is 9.12. The standard InChI is InChI=1S/C21H19F2N3O2/c1-11-5-13(3-4-18(11)23)17-9-15(22)7-14-8-16(28-20(14)17)10-24-21(27)19-6-12(2)25-26-19/h3-7,9,16H,8,10H2,1-2H3,(H,24,27)(H,25,26). The molecular weight excluding hydrogens is 364 g/mol. The fourth-order valence-corrected chi connectivity index (χ4v) is 3.37. The van der Waals surface area contributed by atoms with E-state index < -0.39 is 0 Å². The summed E-state index contributed by atoms with van der Waals surface area (Å²) in [4.78, 5) is 12.2. The van der Waals surface area contributed by atoms with Gasteiger partial charge in [-0.3, -0.25) is 9.89 Å². The van der Waals surface area contributed by atoms with Gasteiger partial charge >= 0.3 is 0 Å². The second-order valence-electron chi connectivity index (χ2n) is 7.00. The van der Waals surface area contributed by atoms with Crippen LogP contribution in [0.1, 0.15) is 27.3 Å². The lowest BCUT2D eigenvalue weighted by Gasteiger charge is -2.14. The first-order valence-electron chi connectivity index (χ1n) is 8.96. The fraction of sp³-hybridized carbons (Fsp3) is 0.238. The summed E-state index contributed by atoms with van der Waals surface area (Å²) in [5.41, 5.74) is 3.57. The maximum absolute atomic E-state index is 14.1. The summed E-state index contributed by atoms with van der Waals surface area (Å²) in [5, 5.41) is 9.43. The fourth-order valence-electron chi connectivity index (χ4n) is 3.37. The first-order valence-corrected chi connectivity index (χ1v) is 8.96. The van der Waals surface area contributed by atoms with Crippen molar-refractivity contribution in [2.75, 3.05) is 6.54 Å². The van der Waals surface area contributed by atoms with Crippen LogP contribution >= 0.6 is 0 Å². The van der Waals surface area contributed by atoms with Crippen molar-refractivity contribution in [2.24, 2.45) is 0 Å². The molecule has 7 heteroatoms. The van der Waals surface area contributed by atoms with E-state index in [4.69, 9.17) is 4.74 Å². The van der Waals surface area contributed by atoms with Crippen molar-refractivity contribution >= 4 is 5.91 Å². The van der Waals surface area contributed by atoms with Crippen LogP contribution in [0.15, 0.2) is 36.4 Å². The number of nitrogens with one attached hydrogen (secondary N) is 2. The predicted octanol–water partition coefficient (Wildman–Crippen LogP) is 3.71. The summed E-state index contributed by atoms with van der Waals surface area (Å²) >= 11 is 0. The number of benzene rings is 2. The van der Waals surface area contributed by atoms with E-state index in [2.05, 4.69) is 15.5 Å². The smallest absolute Gasteiger partial charge is 0.271 e. The van der Waals surface area contributed by atoms with Gasteiger partial charge in [0.2, 0.25) is 0 Å². The highest BCUT2D eigenvalue weighted by atomic mass is 19.1. The Morgan fingerprint density at radius 1 is 1.25 bits per heavy atom.